The molecule has 2 rings (SSSR count). The zero-order chi connectivity index (χ0) is 17.0. The number of aliphatic carboxylic acids is 1. The van der Waals surface area contributed by atoms with Crippen molar-refractivity contribution in [2.75, 3.05) is 19.6 Å². The van der Waals surface area contributed by atoms with E-state index in [1.165, 1.54) is 4.90 Å². The Morgan fingerprint density at radius 1 is 1.26 bits per heavy atom. The van der Waals surface area contributed by atoms with Crippen LogP contribution in [0.2, 0.25) is 0 Å². The van der Waals surface area contributed by atoms with Crippen molar-refractivity contribution in [1.29, 1.82) is 0 Å². The molecule has 2 amide bonds. The van der Waals surface area contributed by atoms with Gasteiger partial charge in [0.1, 0.15) is 0 Å². The van der Waals surface area contributed by atoms with Gasteiger partial charge in [0.25, 0.3) is 0 Å². The van der Waals surface area contributed by atoms with Crippen molar-refractivity contribution < 1.29 is 19.5 Å². The van der Waals surface area contributed by atoms with Crippen molar-refractivity contribution in [3.8, 4) is 0 Å². The Morgan fingerprint density at radius 3 is 2.48 bits per heavy atom. The van der Waals surface area contributed by atoms with E-state index >= 15 is 0 Å². The summed E-state index contributed by atoms with van der Waals surface area (Å²) in [4.78, 5) is 38.0. The van der Waals surface area contributed by atoms with Crippen LogP contribution in [0, 0.1) is 0 Å². The Bertz CT molecular complexity index is 635. The molecule has 1 aliphatic heterocycles. The van der Waals surface area contributed by atoms with Gasteiger partial charge in [-0.1, -0.05) is 30.3 Å². The minimum Gasteiger partial charge on any atom is -0.479 e. The van der Waals surface area contributed by atoms with E-state index < -0.39 is 23.8 Å². The highest BCUT2D eigenvalue weighted by atomic mass is 32.1. The summed E-state index contributed by atoms with van der Waals surface area (Å²) >= 11 is 5.13. The second kappa shape index (κ2) is 7.19. The van der Waals surface area contributed by atoms with Crippen molar-refractivity contribution >= 4 is 35.1 Å². The van der Waals surface area contributed by atoms with E-state index in [-0.39, 0.29) is 11.7 Å². The molecule has 7 nitrogen and oxygen atoms in total. The van der Waals surface area contributed by atoms with Crippen LogP contribution >= 0.6 is 12.2 Å². The van der Waals surface area contributed by atoms with E-state index in [4.69, 9.17) is 12.2 Å². The number of carbonyl (C=O) groups excluding carboxylic acids is 2. The highest BCUT2D eigenvalue weighted by molar-refractivity contribution is 7.80. The van der Waals surface area contributed by atoms with Crippen molar-refractivity contribution in [1.82, 2.24) is 15.1 Å². The molecule has 1 unspecified atom stereocenters. The maximum absolute atomic E-state index is 12.1. The number of nitrogens with one attached hydrogen (secondary N) is 1. The first kappa shape index (κ1) is 16.9. The monoisotopic (exact) mass is 335 g/mol. The van der Waals surface area contributed by atoms with Gasteiger partial charge in [-0.05, 0) is 24.7 Å². The number of benzene rings is 1. The fourth-order valence-corrected chi connectivity index (χ4v) is 2.60. The predicted octanol–water partition coefficient (Wildman–Crippen LogP) is 0.377. The zero-order valence-electron chi connectivity index (χ0n) is 12.6. The molecule has 1 aromatic rings. The normalized spacial score (nSPS) is 16.2. The minimum absolute atomic E-state index is 0.0599. The molecule has 1 fully saturated rings. The fourth-order valence-electron chi connectivity index (χ4n) is 2.30. The van der Waals surface area contributed by atoms with Crippen LogP contribution in [0.3, 0.4) is 0 Å². The largest absolute Gasteiger partial charge is 0.479 e. The predicted molar refractivity (Wildman–Crippen MR) is 86.5 cm³/mol. The standard InChI is InChI=1S/C15H17N3O4S/c1-2-17-8-9-18(13(20)12(17)19)15(23)16-11(14(21)22)10-6-4-3-5-7-10/h3-7,11H,2,8-9H2,1H3,(H,16,23)(H,21,22). The number of likely N-dealkylation sites (N-methyl/N-ethyl adjacent to an activating group) is 1. The molecule has 0 radical (unpaired) electrons. The number of carboxylic acids is 1. The molecule has 0 bridgehead atoms. The number of thiocarbonyl (C=S) groups is 1. The van der Waals surface area contributed by atoms with Gasteiger partial charge in [-0.25, -0.2) is 4.79 Å². The highest BCUT2D eigenvalue weighted by Gasteiger charge is 2.35. The smallest absolute Gasteiger partial charge is 0.330 e. The van der Waals surface area contributed by atoms with Crippen LogP contribution in [-0.4, -0.2) is 57.4 Å². The van der Waals surface area contributed by atoms with Gasteiger partial charge in [0.2, 0.25) is 0 Å². The number of amides is 2. The molecule has 0 aliphatic carbocycles. The lowest BCUT2D eigenvalue weighted by atomic mass is 10.1. The molecule has 23 heavy (non-hydrogen) atoms. The Hall–Kier alpha value is -2.48. The van der Waals surface area contributed by atoms with Crippen molar-refractivity contribution in [2.24, 2.45) is 0 Å². The third-order valence-electron chi connectivity index (χ3n) is 3.58. The van der Waals surface area contributed by atoms with Gasteiger partial charge >= 0.3 is 17.8 Å². The highest BCUT2D eigenvalue weighted by Crippen LogP contribution is 2.14. The summed E-state index contributed by atoms with van der Waals surface area (Å²) in [7, 11) is 0. The first-order valence-corrected chi connectivity index (χ1v) is 7.55. The quantitative estimate of drug-likeness (QED) is 0.611. The summed E-state index contributed by atoms with van der Waals surface area (Å²) in [5, 5.41) is 12.0. The molecular formula is C15H17N3O4S. The van der Waals surface area contributed by atoms with Gasteiger partial charge in [0.15, 0.2) is 11.2 Å². The van der Waals surface area contributed by atoms with Crippen LogP contribution < -0.4 is 5.32 Å². The van der Waals surface area contributed by atoms with Gasteiger partial charge in [0, 0.05) is 19.6 Å². The Balaban J connectivity index is 2.12. The number of nitrogens with zero attached hydrogens (tertiary/aromatic N) is 2. The van der Waals surface area contributed by atoms with E-state index in [1.807, 2.05) is 0 Å². The molecule has 8 heteroatoms. The van der Waals surface area contributed by atoms with E-state index in [1.54, 1.807) is 37.3 Å². The second-order valence-electron chi connectivity index (χ2n) is 4.97. The number of carboxylic acid groups (broad SMARTS) is 1. The van der Waals surface area contributed by atoms with Crippen LogP contribution in [0.15, 0.2) is 30.3 Å². The molecule has 1 atom stereocenters. The lowest BCUT2D eigenvalue weighted by Crippen LogP contribution is -2.58. The van der Waals surface area contributed by atoms with Crippen LogP contribution in [0.1, 0.15) is 18.5 Å². The third-order valence-corrected chi connectivity index (χ3v) is 3.92. The SMILES string of the molecule is CCN1CCN(C(=S)NC(C(=O)O)c2ccccc2)C(=O)C1=O. The van der Waals surface area contributed by atoms with Gasteiger partial charge in [-0.2, -0.15) is 0 Å². The maximum Gasteiger partial charge on any atom is 0.330 e. The molecule has 1 aromatic carbocycles. The summed E-state index contributed by atoms with van der Waals surface area (Å²) in [6.45, 7) is 2.84. The summed E-state index contributed by atoms with van der Waals surface area (Å²) in [5.74, 6) is -2.49. The van der Waals surface area contributed by atoms with Crippen LogP contribution in [-0.2, 0) is 14.4 Å². The molecule has 122 valence electrons. The minimum atomic E-state index is -1.12. The number of hydrogen-bond donors (Lipinski definition) is 2. The first-order chi connectivity index (χ1) is 11.0. The van der Waals surface area contributed by atoms with Gasteiger partial charge in [0.05, 0.1) is 0 Å². The number of hydrogen-bond acceptors (Lipinski definition) is 4. The summed E-state index contributed by atoms with van der Waals surface area (Å²) in [5.41, 5.74) is 0.508. The molecule has 1 heterocycles. The van der Waals surface area contributed by atoms with Crippen LogP contribution in [0.25, 0.3) is 0 Å². The molecular weight excluding hydrogens is 318 g/mol. The van der Waals surface area contributed by atoms with Gasteiger partial charge in [-0.15, -0.1) is 0 Å². The summed E-state index contributed by atoms with van der Waals surface area (Å²) < 4.78 is 0. The maximum atomic E-state index is 12.1. The number of carbonyl (C=O) groups is 3. The van der Waals surface area contributed by atoms with E-state index in [0.717, 1.165) is 4.90 Å². The van der Waals surface area contributed by atoms with Gasteiger partial charge < -0.3 is 15.3 Å². The zero-order valence-corrected chi connectivity index (χ0v) is 13.4. The average Bonchev–Trinajstić information content (AvgIpc) is 2.55. The first-order valence-electron chi connectivity index (χ1n) is 7.14. The van der Waals surface area contributed by atoms with Gasteiger partial charge in [-0.3, -0.25) is 14.5 Å². The topological polar surface area (TPSA) is 89.9 Å². The molecule has 0 aromatic heterocycles. The van der Waals surface area contributed by atoms with Crippen LogP contribution in [0.5, 0.6) is 0 Å². The third kappa shape index (κ3) is 3.65. The number of rotatable bonds is 4. The lowest BCUT2D eigenvalue weighted by Gasteiger charge is -2.34. The molecule has 0 spiro atoms. The molecule has 1 aliphatic rings. The Morgan fingerprint density at radius 2 is 1.91 bits per heavy atom. The van der Waals surface area contributed by atoms with E-state index in [0.29, 0.717) is 18.7 Å². The van der Waals surface area contributed by atoms with Crippen LogP contribution in [0.4, 0.5) is 0 Å². The summed E-state index contributed by atoms with van der Waals surface area (Å²) in [6.07, 6.45) is 0. The van der Waals surface area contributed by atoms with Crippen molar-refractivity contribution in [3.05, 3.63) is 35.9 Å². The second-order valence-corrected chi connectivity index (χ2v) is 5.36. The molecule has 1 saturated heterocycles. The fraction of sp³-hybridized carbons (Fsp3) is 0.333. The van der Waals surface area contributed by atoms with Crippen molar-refractivity contribution in [2.45, 2.75) is 13.0 Å². The Kier molecular flexibility index (Phi) is 5.28. The van der Waals surface area contributed by atoms with E-state index in [2.05, 4.69) is 5.32 Å². The Labute approximate surface area is 138 Å². The lowest BCUT2D eigenvalue weighted by molar-refractivity contribution is -0.152. The molecule has 2 N–H and O–H groups in total. The number of piperazine rings is 1. The van der Waals surface area contributed by atoms with E-state index in [9.17, 15) is 19.5 Å². The average molecular weight is 335 g/mol. The molecule has 0 saturated carbocycles. The summed E-state index contributed by atoms with van der Waals surface area (Å²) in [6, 6.07) is 7.41. The van der Waals surface area contributed by atoms with Crippen molar-refractivity contribution in [3.63, 3.8) is 0 Å².